The Hall–Kier alpha value is -1.52. The molecule has 0 heterocycles. The lowest BCUT2D eigenvalue weighted by atomic mass is 9.87. The number of quaternary nitrogens is 1. The van der Waals surface area contributed by atoms with Gasteiger partial charge in [-0.1, -0.05) is 0 Å². The zero-order chi connectivity index (χ0) is 17.7. The van der Waals surface area contributed by atoms with Crippen molar-refractivity contribution in [1.82, 2.24) is 0 Å². The standard InChI is InChI=1S/C15H22F2N3O4/c1-24-14(21)19-11-2-3-12(13(8-11)20(22)23)18-9-10-4-6-15(16,17)7-5-10/h2-3,8,10,14,18-21H,4-7,9H2,1H3/q-1. The van der Waals surface area contributed by atoms with Crippen LogP contribution in [-0.2, 0) is 4.74 Å². The minimum Gasteiger partial charge on any atom is -0.628 e. The summed E-state index contributed by atoms with van der Waals surface area (Å²) in [5.74, 6) is -2.50. The summed E-state index contributed by atoms with van der Waals surface area (Å²) in [6.07, 6.45) is -0.724. The lowest BCUT2D eigenvalue weighted by Gasteiger charge is -2.30. The molecular formula is C15H22F2N3O4-. The minimum atomic E-state index is -2.58. The molecule has 1 saturated carbocycles. The van der Waals surface area contributed by atoms with Crippen LogP contribution in [0.5, 0.6) is 0 Å². The summed E-state index contributed by atoms with van der Waals surface area (Å²) in [6.45, 7) is 0.420. The number of benzene rings is 1. The fourth-order valence-electron chi connectivity index (χ4n) is 2.72. The predicted octanol–water partition coefficient (Wildman–Crippen LogP) is 1.77. The van der Waals surface area contributed by atoms with E-state index in [-0.39, 0.29) is 24.4 Å². The normalized spacial score (nSPS) is 19.3. The third-order valence-corrected chi connectivity index (χ3v) is 4.17. The van der Waals surface area contributed by atoms with E-state index in [1.165, 1.54) is 19.2 Å². The van der Waals surface area contributed by atoms with Gasteiger partial charge in [0.15, 0.2) is 5.69 Å². The molecule has 1 aromatic carbocycles. The van der Waals surface area contributed by atoms with E-state index in [0.29, 0.717) is 30.8 Å². The quantitative estimate of drug-likeness (QED) is 0.443. The van der Waals surface area contributed by atoms with E-state index in [0.717, 1.165) is 0 Å². The lowest BCUT2D eigenvalue weighted by molar-refractivity contribution is -0.714. The van der Waals surface area contributed by atoms with Crippen molar-refractivity contribution >= 4 is 17.1 Å². The number of aliphatic hydroxyl groups is 1. The summed E-state index contributed by atoms with van der Waals surface area (Å²) in [5.41, 5.74) is 0.626. The molecule has 0 radical (unpaired) electrons. The monoisotopic (exact) mass is 346 g/mol. The summed E-state index contributed by atoms with van der Waals surface area (Å²) in [6, 6.07) is 4.42. The number of halogens is 2. The molecule has 9 heteroatoms. The van der Waals surface area contributed by atoms with E-state index in [1.807, 2.05) is 0 Å². The number of nitrogens with one attached hydrogen (secondary N) is 3. The highest BCUT2D eigenvalue weighted by molar-refractivity contribution is 5.67. The fourth-order valence-corrected chi connectivity index (χ4v) is 2.72. The highest BCUT2D eigenvalue weighted by atomic mass is 19.3. The Balaban J connectivity index is 1.99. The van der Waals surface area contributed by atoms with Crippen molar-refractivity contribution < 1.29 is 23.9 Å². The number of aliphatic hydroxyl groups excluding tert-OH is 1. The second-order valence-electron chi connectivity index (χ2n) is 5.96. The molecular weight excluding hydrogens is 324 g/mol. The number of alkyl halides is 2. The Morgan fingerprint density at radius 2 is 2.04 bits per heavy atom. The van der Waals surface area contributed by atoms with Crippen LogP contribution in [0, 0.1) is 16.3 Å². The molecule has 4 N–H and O–H groups in total. The van der Waals surface area contributed by atoms with Crippen molar-refractivity contribution in [2.45, 2.75) is 38.0 Å². The van der Waals surface area contributed by atoms with Crippen LogP contribution in [-0.4, -0.2) is 31.1 Å². The predicted molar refractivity (Wildman–Crippen MR) is 85.8 cm³/mol. The van der Waals surface area contributed by atoms with Gasteiger partial charge >= 0.3 is 0 Å². The van der Waals surface area contributed by atoms with Crippen LogP contribution in [0.2, 0.25) is 0 Å². The smallest absolute Gasteiger partial charge is 0.248 e. The van der Waals surface area contributed by atoms with Crippen molar-refractivity contribution in [3.05, 3.63) is 28.6 Å². The van der Waals surface area contributed by atoms with E-state index >= 15 is 0 Å². The molecule has 1 fully saturated rings. The number of hydrogen-bond acceptors (Lipinski definition) is 6. The van der Waals surface area contributed by atoms with Crippen molar-refractivity contribution in [3.63, 3.8) is 0 Å². The maximum Gasteiger partial charge on any atom is 0.248 e. The number of anilines is 2. The molecule has 24 heavy (non-hydrogen) atoms. The maximum atomic E-state index is 13.1. The molecule has 0 bridgehead atoms. The second-order valence-corrected chi connectivity index (χ2v) is 5.96. The fraction of sp³-hybridized carbons (Fsp3) is 0.600. The molecule has 1 aromatic rings. The van der Waals surface area contributed by atoms with Crippen LogP contribution >= 0.6 is 0 Å². The zero-order valence-corrected chi connectivity index (χ0v) is 13.4. The first-order valence-corrected chi connectivity index (χ1v) is 7.75. The Morgan fingerprint density at radius 1 is 1.38 bits per heavy atom. The average Bonchev–Trinajstić information content (AvgIpc) is 2.54. The summed E-state index contributed by atoms with van der Waals surface area (Å²) >= 11 is 0. The second kappa shape index (κ2) is 8.04. The Kier molecular flexibility index (Phi) is 6.30. The van der Waals surface area contributed by atoms with E-state index in [2.05, 4.69) is 15.4 Å². The van der Waals surface area contributed by atoms with Crippen molar-refractivity contribution in [2.75, 3.05) is 24.3 Å². The first kappa shape index (κ1) is 18.8. The van der Waals surface area contributed by atoms with E-state index in [1.54, 1.807) is 6.07 Å². The van der Waals surface area contributed by atoms with Gasteiger partial charge in [-0.15, -0.1) is 0 Å². The Bertz CT molecular complexity index is 535. The molecule has 136 valence electrons. The summed E-state index contributed by atoms with van der Waals surface area (Å²) in [4.78, 5) is 0. The van der Waals surface area contributed by atoms with Crippen LogP contribution in [0.15, 0.2) is 18.2 Å². The summed E-state index contributed by atoms with van der Waals surface area (Å²) in [7, 11) is 1.29. The molecule has 0 aliphatic heterocycles. The van der Waals surface area contributed by atoms with Gasteiger partial charge in [0, 0.05) is 38.2 Å². The maximum absolute atomic E-state index is 13.1. The van der Waals surface area contributed by atoms with Gasteiger partial charge in [-0.25, -0.2) is 8.78 Å². The summed E-state index contributed by atoms with van der Waals surface area (Å²) < 4.78 is 30.9. The molecule has 7 nitrogen and oxygen atoms in total. The van der Waals surface area contributed by atoms with Gasteiger partial charge < -0.3 is 36.1 Å². The molecule has 1 unspecified atom stereocenters. The Labute approximate surface area is 138 Å². The van der Waals surface area contributed by atoms with E-state index in [4.69, 9.17) is 0 Å². The van der Waals surface area contributed by atoms with E-state index < -0.39 is 17.6 Å². The zero-order valence-electron chi connectivity index (χ0n) is 13.4. The van der Waals surface area contributed by atoms with Crippen molar-refractivity contribution in [3.8, 4) is 0 Å². The van der Waals surface area contributed by atoms with Crippen LogP contribution in [0.1, 0.15) is 25.7 Å². The Morgan fingerprint density at radius 3 is 2.62 bits per heavy atom. The first-order valence-electron chi connectivity index (χ1n) is 7.75. The number of hydrogen-bond donors (Lipinski definition) is 4. The number of methoxy groups -OCH3 is 1. The van der Waals surface area contributed by atoms with Gasteiger partial charge in [0.05, 0.1) is 5.69 Å². The average molecular weight is 346 g/mol. The summed E-state index contributed by atoms with van der Waals surface area (Å²) in [5, 5.41) is 36.1. The largest absolute Gasteiger partial charge is 0.628 e. The first-order chi connectivity index (χ1) is 11.3. The number of ether oxygens (including phenoxy) is 1. The van der Waals surface area contributed by atoms with Gasteiger partial charge in [-0.2, -0.15) is 0 Å². The van der Waals surface area contributed by atoms with E-state index in [9.17, 15) is 24.3 Å². The van der Waals surface area contributed by atoms with Crippen LogP contribution < -0.4 is 15.9 Å². The molecule has 0 spiro atoms. The molecule has 2 rings (SSSR count). The highest BCUT2D eigenvalue weighted by Crippen LogP contribution is 2.36. The van der Waals surface area contributed by atoms with Crippen LogP contribution in [0.4, 0.5) is 25.8 Å². The topological polar surface area (TPSA) is 104 Å². The third kappa shape index (κ3) is 5.25. The van der Waals surface area contributed by atoms with Crippen molar-refractivity contribution in [1.29, 1.82) is 0 Å². The highest BCUT2D eigenvalue weighted by Gasteiger charge is 2.34. The SMILES string of the molecule is COC(O)Nc1ccc(NCC2CCC(F)(F)CC2)c([NH+]([O-])[O-])c1. The lowest BCUT2D eigenvalue weighted by Crippen LogP contribution is -2.96. The van der Waals surface area contributed by atoms with Gasteiger partial charge in [0.25, 0.3) is 0 Å². The molecule has 1 aliphatic rings. The van der Waals surface area contributed by atoms with Crippen LogP contribution in [0.25, 0.3) is 0 Å². The minimum absolute atomic E-state index is 0.0762. The van der Waals surface area contributed by atoms with Crippen LogP contribution in [0.3, 0.4) is 0 Å². The molecule has 1 atom stereocenters. The molecule has 1 aliphatic carbocycles. The van der Waals surface area contributed by atoms with Gasteiger partial charge in [-0.05, 0) is 30.9 Å². The third-order valence-electron chi connectivity index (χ3n) is 4.17. The van der Waals surface area contributed by atoms with Gasteiger partial charge in [0.1, 0.15) is 0 Å². The number of rotatable bonds is 7. The van der Waals surface area contributed by atoms with Gasteiger partial charge in [-0.3, -0.25) is 0 Å². The molecule has 0 aromatic heterocycles. The van der Waals surface area contributed by atoms with Gasteiger partial charge in [0.2, 0.25) is 12.3 Å². The molecule has 0 saturated heterocycles. The van der Waals surface area contributed by atoms with Crippen molar-refractivity contribution in [2.24, 2.45) is 5.92 Å². The molecule has 0 amide bonds.